The maximum atomic E-state index is 11.8. The Kier molecular flexibility index (Phi) is 4.14. The number of nitrogens with zero attached hydrogens (tertiary/aromatic N) is 1. The highest BCUT2D eigenvalue weighted by Gasteiger charge is 2.36. The number of carbonyl (C=O) groups is 1. The van der Waals surface area contributed by atoms with Gasteiger partial charge < -0.3 is 10.6 Å². The number of amides is 1. The summed E-state index contributed by atoms with van der Waals surface area (Å²) in [6.45, 7) is 8.20. The van der Waals surface area contributed by atoms with E-state index in [-0.39, 0.29) is 11.9 Å². The van der Waals surface area contributed by atoms with Crippen molar-refractivity contribution in [1.29, 1.82) is 0 Å². The highest BCUT2D eigenvalue weighted by Crippen LogP contribution is 2.37. The molecule has 0 aliphatic carbocycles. The molecule has 0 radical (unpaired) electrons. The summed E-state index contributed by atoms with van der Waals surface area (Å²) in [5, 5.41) is 0. The van der Waals surface area contributed by atoms with Crippen molar-refractivity contribution in [1.82, 2.24) is 4.90 Å². The van der Waals surface area contributed by atoms with Crippen molar-refractivity contribution in [3.8, 4) is 0 Å². The predicted octanol–water partition coefficient (Wildman–Crippen LogP) is 1.76. The third kappa shape index (κ3) is 2.94. The molecule has 1 aliphatic rings. The topological polar surface area (TPSA) is 46.3 Å². The molecule has 3 nitrogen and oxygen atoms in total. The van der Waals surface area contributed by atoms with Gasteiger partial charge in [0.1, 0.15) is 0 Å². The van der Waals surface area contributed by atoms with E-state index in [4.69, 9.17) is 5.73 Å². The van der Waals surface area contributed by atoms with Crippen LogP contribution in [0.1, 0.15) is 46.5 Å². The molecular formula is C12H24N2O. The highest BCUT2D eigenvalue weighted by atomic mass is 16.2. The largest absolute Gasteiger partial charge is 0.342 e. The Morgan fingerprint density at radius 3 is 2.47 bits per heavy atom. The summed E-state index contributed by atoms with van der Waals surface area (Å²) in [7, 11) is 0. The van der Waals surface area contributed by atoms with Gasteiger partial charge in [0.25, 0.3) is 0 Å². The van der Waals surface area contributed by atoms with Gasteiger partial charge in [-0.25, -0.2) is 0 Å². The number of hydrogen-bond acceptors (Lipinski definition) is 2. The lowest BCUT2D eigenvalue weighted by molar-refractivity contribution is -0.130. The molecular weight excluding hydrogens is 188 g/mol. The number of likely N-dealkylation sites (tertiary alicyclic amines) is 1. The molecule has 1 amide bonds. The first kappa shape index (κ1) is 12.5. The molecule has 0 aromatic heterocycles. The second-order valence-electron chi connectivity index (χ2n) is 4.95. The fourth-order valence-corrected chi connectivity index (χ4v) is 2.38. The van der Waals surface area contributed by atoms with E-state index in [1.54, 1.807) is 0 Å². The molecule has 1 rings (SSSR count). The van der Waals surface area contributed by atoms with Gasteiger partial charge in [-0.2, -0.15) is 0 Å². The third-order valence-corrected chi connectivity index (χ3v) is 3.79. The van der Waals surface area contributed by atoms with Crippen molar-refractivity contribution in [2.75, 3.05) is 13.1 Å². The number of rotatable bonds is 4. The van der Waals surface area contributed by atoms with Crippen LogP contribution in [0.25, 0.3) is 0 Å². The average molecular weight is 212 g/mol. The van der Waals surface area contributed by atoms with E-state index in [1.165, 1.54) is 12.8 Å². The van der Waals surface area contributed by atoms with Gasteiger partial charge in [0.2, 0.25) is 5.91 Å². The highest BCUT2D eigenvalue weighted by molar-refractivity contribution is 5.77. The van der Waals surface area contributed by atoms with Crippen LogP contribution in [0.5, 0.6) is 0 Å². The Balaban J connectivity index is 2.51. The van der Waals surface area contributed by atoms with Crippen LogP contribution in [0.4, 0.5) is 0 Å². The normalized spacial score (nSPS) is 21.7. The van der Waals surface area contributed by atoms with E-state index < -0.39 is 0 Å². The maximum absolute atomic E-state index is 11.8. The molecule has 1 atom stereocenters. The zero-order valence-corrected chi connectivity index (χ0v) is 10.3. The third-order valence-electron chi connectivity index (χ3n) is 3.79. The van der Waals surface area contributed by atoms with Gasteiger partial charge in [0.05, 0.1) is 0 Å². The average Bonchev–Trinajstić information content (AvgIpc) is 2.62. The SMILES string of the molecule is CCC1(CC)CCN(C(=O)CC(C)N)C1. The molecule has 3 heteroatoms. The van der Waals surface area contributed by atoms with E-state index in [9.17, 15) is 4.79 Å². The van der Waals surface area contributed by atoms with Crippen LogP contribution in [-0.4, -0.2) is 29.9 Å². The number of hydrogen-bond donors (Lipinski definition) is 1. The second-order valence-corrected chi connectivity index (χ2v) is 4.95. The lowest BCUT2D eigenvalue weighted by Crippen LogP contribution is -2.35. The van der Waals surface area contributed by atoms with Crippen molar-refractivity contribution in [3.63, 3.8) is 0 Å². The summed E-state index contributed by atoms with van der Waals surface area (Å²) in [6.07, 6.45) is 3.99. The quantitative estimate of drug-likeness (QED) is 0.772. The summed E-state index contributed by atoms with van der Waals surface area (Å²) < 4.78 is 0. The molecule has 0 saturated carbocycles. The zero-order chi connectivity index (χ0) is 11.5. The van der Waals surface area contributed by atoms with Gasteiger partial charge in [-0.3, -0.25) is 4.79 Å². The fraction of sp³-hybridized carbons (Fsp3) is 0.917. The first-order chi connectivity index (χ1) is 7.03. The van der Waals surface area contributed by atoms with Gasteiger partial charge in [0, 0.05) is 25.6 Å². The number of carbonyl (C=O) groups excluding carboxylic acids is 1. The first-order valence-corrected chi connectivity index (χ1v) is 6.06. The molecule has 15 heavy (non-hydrogen) atoms. The Bertz CT molecular complexity index is 222. The summed E-state index contributed by atoms with van der Waals surface area (Å²) in [5.74, 6) is 0.230. The van der Waals surface area contributed by atoms with E-state index in [0.29, 0.717) is 11.8 Å². The van der Waals surface area contributed by atoms with E-state index in [2.05, 4.69) is 13.8 Å². The summed E-state index contributed by atoms with van der Waals surface area (Å²) in [5.41, 5.74) is 6.03. The molecule has 88 valence electrons. The Morgan fingerprint density at radius 1 is 1.47 bits per heavy atom. The maximum Gasteiger partial charge on any atom is 0.224 e. The Morgan fingerprint density at radius 2 is 2.07 bits per heavy atom. The molecule has 1 heterocycles. The molecule has 2 N–H and O–H groups in total. The molecule has 1 unspecified atom stereocenters. The van der Waals surface area contributed by atoms with Gasteiger partial charge in [-0.05, 0) is 31.6 Å². The van der Waals surface area contributed by atoms with Crippen LogP contribution < -0.4 is 5.73 Å². The van der Waals surface area contributed by atoms with E-state index in [1.807, 2.05) is 11.8 Å². The van der Waals surface area contributed by atoms with Crippen molar-refractivity contribution < 1.29 is 4.79 Å². The van der Waals surface area contributed by atoms with E-state index >= 15 is 0 Å². The molecule has 1 saturated heterocycles. The van der Waals surface area contributed by atoms with Gasteiger partial charge >= 0.3 is 0 Å². The van der Waals surface area contributed by atoms with Crippen LogP contribution in [0.3, 0.4) is 0 Å². The lowest BCUT2D eigenvalue weighted by Gasteiger charge is -2.26. The summed E-state index contributed by atoms with van der Waals surface area (Å²) >= 11 is 0. The molecule has 1 fully saturated rings. The minimum atomic E-state index is -0.0178. The minimum absolute atomic E-state index is 0.0178. The standard InChI is InChI=1S/C12H24N2O/c1-4-12(5-2)6-7-14(9-12)11(15)8-10(3)13/h10H,4-9,13H2,1-3H3. The zero-order valence-electron chi connectivity index (χ0n) is 10.3. The fourth-order valence-electron chi connectivity index (χ4n) is 2.38. The van der Waals surface area contributed by atoms with Gasteiger partial charge in [0.15, 0.2) is 0 Å². The van der Waals surface area contributed by atoms with Gasteiger partial charge in [-0.15, -0.1) is 0 Å². The van der Waals surface area contributed by atoms with Crippen molar-refractivity contribution in [2.24, 2.45) is 11.1 Å². The first-order valence-electron chi connectivity index (χ1n) is 6.06. The van der Waals surface area contributed by atoms with Crippen molar-refractivity contribution in [2.45, 2.75) is 52.5 Å². The van der Waals surface area contributed by atoms with E-state index in [0.717, 1.165) is 19.5 Å². The van der Waals surface area contributed by atoms with Crippen LogP contribution in [0.2, 0.25) is 0 Å². The second kappa shape index (κ2) is 4.97. The smallest absolute Gasteiger partial charge is 0.224 e. The van der Waals surface area contributed by atoms with Crippen LogP contribution in [0.15, 0.2) is 0 Å². The molecule has 0 aromatic rings. The van der Waals surface area contributed by atoms with Crippen molar-refractivity contribution >= 4 is 5.91 Å². The molecule has 0 bridgehead atoms. The summed E-state index contributed by atoms with van der Waals surface area (Å²) in [4.78, 5) is 13.8. The van der Waals surface area contributed by atoms with Crippen molar-refractivity contribution in [3.05, 3.63) is 0 Å². The predicted molar refractivity (Wildman–Crippen MR) is 62.5 cm³/mol. The Labute approximate surface area is 93.0 Å². The Hall–Kier alpha value is -0.570. The van der Waals surface area contributed by atoms with Crippen LogP contribution >= 0.6 is 0 Å². The van der Waals surface area contributed by atoms with Crippen LogP contribution in [0, 0.1) is 5.41 Å². The number of nitrogens with two attached hydrogens (primary N) is 1. The minimum Gasteiger partial charge on any atom is -0.342 e. The van der Waals surface area contributed by atoms with Crippen LogP contribution in [-0.2, 0) is 4.79 Å². The molecule has 0 spiro atoms. The lowest BCUT2D eigenvalue weighted by atomic mass is 9.82. The summed E-state index contributed by atoms with van der Waals surface area (Å²) in [6, 6.07) is -0.0178. The molecule has 1 aliphatic heterocycles. The van der Waals surface area contributed by atoms with Gasteiger partial charge in [-0.1, -0.05) is 13.8 Å². The molecule has 0 aromatic carbocycles. The monoisotopic (exact) mass is 212 g/mol.